The summed E-state index contributed by atoms with van der Waals surface area (Å²) < 4.78 is 5.19. The molecular weight excluding hydrogens is 338 g/mol. The molecule has 0 fully saturated rings. The molecule has 0 atom stereocenters. The number of aliphatic imine (C=N–C) groups is 1. The number of aryl methyl sites for hydroxylation is 1. The standard InChI is InChI=1S/C17H31N5O2S/c1-6-14-22-13(12-25-14)11-21-15(18-7-2)19-9-8-10-20-16(23)24-17(3,4)5/h12H,6-11H2,1-5H3,(H,20,23)(H2,18,19,21). The van der Waals surface area contributed by atoms with Gasteiger partial charge in [-0.15, -0.1) is 11.3 Å². The van der Waals surface area contributed by atoms with E-state index in [4.69, 9.17) is 4.74 Å². The predicted octanol–water partition coefficient (Wildman–Crippen LogP) is 2.68. The normalized spacial score (nSPS) is 12.0. The molecule has 0 saturated carbocycles. The van der Waals surface area contributed by atoms with Crippen molar-refractivity contribution in [2.24, 2.45) is 4.99 Å². The quantitative estimate of drug-likeness (QED) is 0.372. The summed E-state index contributed by atoms with van der Waals surface area (Å²) in [7, 11) is 0. The van der Waals surface area contributed by atoms with Crippen LogP contribution in [0.5, 0.6) is 0 Å². The molecule has 0 aromatic carbocycles. The van der Waals surface area contributed by atoms with Gasteiger partial charge in [-0.3, -0.25) is 0 Å². The van der Waals surface area contributed by atoms with E-state index in [1.165, 1.54) is 0 Å². The van der Waals surface area contributed by atoms with Crippen LogP contribution >= 0.6 is 11.3 Å². The molecule has 0 aliphatic rings. The van der Waals surface area contributed by atoms with Crippen LogP contribution in [-0.2, 0) is 17.7 Å². The molecule has 1 rings (SSSR count). The van der Waals surface area contributed by atoms with Gasteiger partial charge in [0.25, 0.3) is 0 Å². The Morgan fingerprint density at radius 2 is 1.96 bits per heavy atom. The van der Waals surface area contributed by atoms with Crippen LogP contribution in [0.2, 0.25) is 0 Å². The lowest BCUT2D eigenvalue weighted by Crippen LogP contribution is -2.39. The SMILES string of the molecule is CCNC(=NCc1csc(CC)n1)NCCCNC(=O)OC(C)(C)C. The van der Waals surface area contributed by atoms with E-state index < -0.39 is 5.60 Å². The molecule has 0 saturated heterocycles. The number of rotatable bonds is 8. The molecule has 3 N–H and O–H groups in total. The topological polar surface area (TPSA) is 87.6 Å². The first-order valence-corrected chi connectivity index (χ1v) is 9.64. The van der Waals surface area contributed by atoms with E-state index in [1.807, 2.05) is 27.7 Å². The average Bonchev–Trinajstić information content (AvgIpc) is 2.98. The van der Waals surface area contributed by atoms with Crippen molar-refractivity contribution < 1.29 is 9.53 Å². The lowest BCUT2D eigenvalue weighted by molar-refractivity contribution is 0.0527. The molecule has 8 heteroatoms. The molecule has 0 aliphatic carbocycles. The van der Waals surface area contributed by atoms with Crippen LogP contribution in [-0.4, -0.2) is 42.3 Å². The second kappa shape index (κ2) is 10.9. The molecule has 0 aliphatic heterocycles. The summed E-state index contributed by atoms with van der Waals surface area (Å²) in [6.45, 7) is 12.3. The number of nitrogens with zero attached hydrogens (tertiary/aromatic N) is 2. The van der Waals surface area contributed by atoms with Crippen LogP contribution in [0, 0.1) is 0 Å². The highest BCUT2D eigenvalue weighted by atomic mass is 32.1. The number of aromatic nitrogens is 1. The first-order chi connectivity index (χ1) is 11.8. The van der Waals surface area contributed by atoms with E-state index in [0.29, 0.717) is 19.6 Å². The first kappa shape index (κ1) is 21.2. The van der Waals surface area contributed by atoms with Gasteiger partial charge in [-0.1, -0.05) is 6.92 Å². The minimum atomic E-state index is -0.472. The van der Waals surface area contributed by atoms with Crippen molar-refractivity contribution in [3.05, 3.63) is 16.1 Å². The third-order valence-electron chi connectivity index (χ3n) is 2.96. The van der Waals surface area contributed by atoms with Gasteiger partial charge in [0.1, 0.15) is 5.60 Å². The van der Waals surface area contributed by atoms with Crippen LogP contribution in [0.3, 0.4) is 0 Å². The minimum absolute atomic E-state index is 0.386. The molecule has 0 unspecified atom stereocenters. The second-order valence-electron chi connectivity index (χ2n) is 6.49. The monoisotopic (exact) mass is 369 g/mol. The van der Waals surface area contributed by atoms with Crippen molar-refractivity contribution in [3.8, 4) is 0 Å². The molecule has 0 spiro atoms. The second-order valence-corrected chi connectivity index (χ2v) is 7.43. The van der Waals surface area contributed by atoms with Crippen molar-refractivity contribution in [3.63, 3.8) is 0 Å². The number of hydrogen-bond acceptors (Lipinski definition) is 5. The number of nitrogens with one attached hydrogen (secondary N) is 3. The largest absolute Gasteiger partial charge is 0.444 e. The Morgan fingerprint density at radius 3 is 2.56 bits per heavy atom. The van der Waals surface area contributed by atoms with E-state index in [9.17, 15) is 4.79 Å². The fourth-order valence-corrected chi connectivity index (χ4v) is 2.62. The number of carbonyl (C=O) groups is 1. The molecule has 1 aromatic heterocycles. The molecular formula is C17H31N5O2S. The highest BCUT2D eigenvalue weighted by Gasteiger charge is 2.15. The maximum absolute atomic E-state index is 11.5. The van der Waals surface area contributed by atoms with E-state index in [2.05, 4.69) is 38.2 Å². The summed E-state index contributed by atoms with van der Waals surface area (Å²) >= 11 is 1.67. The van der Waals surface area contributed by atoms with Gasteiger partial charge in [0.05, 0.1) is 17.2 Å². The summed E-state index contributed by atoms with van der Waals surface area (Å²) in [6.07, 6.45) is 1.35. The van der Waals surface area contributed by atoms with Crippen molar-refractivity contribution in [1.82, 2.24) is 20.9 Å². The van der Waals surface area contributed by atoms with Gasteiger partial charge in [0.2, 0.25) is 0 Å². The summed E-state index contributed by atoms with van der Waals surface area (Å²) in [5.74, 6) is 0.755. The van der Waals surface area contributed by atoms with Crippen LogP contribution < -0.4 is 16.0 Å². The van der Waals surface area contributed by atoms with Gasteiger partial charge in [-0.25, -0.2) is 14.8 Å². The maximum atomic E-state index is 11.5. The maximum Gasteiger partial charge on any atom is 0.407 e. The number of thiazole rings is 1. The van der Waals surface area contributed by atoms with Gasteiger partial charge in [-0.2, -0.15) is 0 Å². The lowest BCUT2D eigenvalue weighted by atomic mass is 10.2. The molecule has 1 aromatic rings. The molecule has 0 radical (unpaired) electrons. The van der Waals surface area contributed by atoms with E-state index in [0.717, 1.165) is 36.0 Å². The van der Waals surface area contributed by atoms with Crippen molar-refractivity contribution in [2.75, 3.05) is 19.6 Å². The molecule has 25 heavy (non-hydrogen) atoms. The Bertz CT molecular complexity index is 551. The minimum Gasteiger partial charge on any atom is -0.444 e. The Labute approximate surface area is 154 Å². The number of guanidine groups is 1. The van der Waals surface area contributed by atoms with Gasteiger partial charge in [0, 0.05) is 25.0 Å². The number of ether oxygens (including phenoxy) is 1. The van der Waals surface area contributed by atoms with Crippen molar-refractivity contribution in [1.29, 1.82) is 0 Å². The molecule has 142 valence electrons. The Morgan fingerprint density at radius 1 is 1.24 bits per heavy atom. The smallest absolute Gasteiger partial charge is 0.407 e. The molecule has 0 bridgehead atoms. The van der Waals surface area contributed by atoms with Crippen LogP contribution in [0.25, 0.3) is 0 Å². The average molecular weight is 370 g/mol. The zero-order chi connectivity index (χ0) is 18.7. The van der Waals surface area contributed by atoms with Gasteiger partial charge in [-0.05, 0) is 40.5 Å². The summed E-state index contributed by atoms with van der Waals surface area (Å²) in [5, 5.41) is 12.4. The molecule has 1 amide bonds. The zero-order valence-corrected chi connectivity index (χ0v) is 16.8. The third-order valence-corrected chi connectivity index (χ3v) is 4.00. The highest BCUT2D eigenvalue weighted by molar-refractivity contribution is 7.09. The number of amides is 1. The van der Waals surface area contributed by atoms with Crippen molar-refractivity contribution in [2.45, 2.75) is 59.6 Å². The van der Waals surface area contributed by atoms with Crippen LogP contribution in [0.15, 0.2) is 10.4 Å². The Balaban J connectivity index is 2.30. The summed E-state index contributed by atoms with van der Waals surface area (Å²) in [5.41, 5.74) is 0.520. The van der Waals surface area contributed by atoms with E-state index >= 15 is 0 Å². The van der Waals surface area contributed by atoms with Crippen molar-refractivity contribution >= 4 is 23.4 Å². The van der Waals surface area contributed by atoms with E-state index in [-0.39, 0.29) is 6.09 Å². The summed E-state index contributed by atoms with van der Waals surface area (Å²) in [4.78, 5) is 20.6. The summed E-state index contributed by atoms with van der Waals surface area (Å²) in [6, 6.07) is 0. The van der Waals surface area contributed by atoms with Gasteiger partial charge in [0.15, 0.2) is 5.96 Å². The Hall–Kier alpha value is -1.83. The molecule has 1 heterocycles. The molecule has 7 nitrogen and oxygen atoms in total. The fourth-order valence-electron chi connectivity index (χ4n) is 1.89. The fraction of sp³-hybridized carbons (Fsp3) is 0.706. The van der Waals surface area contributed by atoms with E-state index in [1.54, 1.807) is 11.3 Å². The van der Waals surface area contributed by atoms with Crippen LogP contribution in [0.4, 0.5) is 4.79 Å². The number of hydrogen-bond donors (Lipinski definition) is 3. The van der Waals surface area contributed by atoms with Crippen LogP contribution in [0.1, 0.15) is 51.7 Å². The highest BCUT2D eigenvalue weighted by Crippen LogP contribution is 2.10. The number of carbonyl (C=O) groups excluding carboxylic acids is 1. The zero-order valence-electron chi connectivity index (χ0n) is 15.9. The third kappa shape index (κ3) is 9.91. The van der Waals surface area contributed by atoms with Gasteiger partial charge >= 0.3 is 6.09 Å². The first-order valence-electron chi connectivity index (χ1n) is 8.76. The lowest BCUT2D eigenvalue weighted by Gasteiger charge is -2.19. The number of alkyl carbamates (subject to hydrolysis) is 1. The Kier molecular flexibility index (Phi) is 9.26. The predicted molar refractivity (Wildman–Crippen MR) is 103 cm³/mol. The van der Waals surface area contributed by atoms with Gasteiger partial charge < -0.3 is 20.7 Å².